The lowest BCUT2D eigenvalue weighted by Crippen LogP contribution is -2.42. The summed E-state index contributed by atoms with van der Waals surface area (Å²) in [7, 11) is 1.59. The average molecular weight is 500 g/mol. The molecule has 2 N–H and O–H groups in total. The highest BCUT2D eigenvalue weighted by atomic mass is 35.5. The Kier molecular flexibility index (Phi) is 6.62. The number of amides is 1. The number of piperidine rings is 1. The van der Waals surface area contributed by atoms with Gasteiger partial charge in [0, 0.05) is 36.7 Å². The van der Waals surface area contributed by atoms with Gasteiger partial charge in [-0.2, -0.15) is 0 Å². The van der Waals surface area contributed by atoms with Gasteiger partial charge in [-0.25, -0.2) is 14.4 Å². The van der Waals surface area contributed by atoms with E-state index in [2.05, 4.69) is 25.5 Å². The molecule has 2 aliphatic rings. The number of likely N-dealkylation sites (tertiary alicyclic amines) is 1. The van der Waals surface area contributed by atoms with Crippen LogP contribution in [0.15, 0.2) is 36.7 Å². The minimum atomic E-state index is -0.484. The standard InChI is InChI=1S/C25H27ClFN5O3/c1-34-21-12-20-17(24(30-15-29-20)31-16-2-3-19(27)18(26)10-16)11-22(21)35-9-8-32-6-4-25(5-7-32)13-23(33)28-14-25/h2-3,10-12,15H,4-9,13-14H2,1H3,(H,28,33)(H,29,30,31). The van der Waals surface area contributed by atoms with Crippen LogP contribution in [0.5, 0.6) is 11.5 Å². The maximum absolute atomic E-state index is 13.5. The van der Waals surface area contributed by atoms with Crippen LogP contribution in [0.25, 0.3) is 10.9 Å². The molecule has 0 radical (unpaired) electrons. The number of fused-ring (bicyclic) bond motifs is 1. The molecule has 0 saturated carbocycles. The summed E-state index contributed by atoms with van der Waals surface area (Å²) < 4.78 is 25.2. The molecule has 184 valence electrons. The Bertz CT molecular complexity index is 1250. The van der Waals surface area contributed by atoms with E-state index in [0.717, 1.165) is 44.4 Å². The van der Waals surface area contributed by atoms with Gasteiger partial charge in [0.25, 0.3) is 0 Å². The highest BCUT2D eigenvalue weighted by molar-refractivity contribution is 6.31. The highest BCUT2D eigenvalue weighted by Gasteiger charge is 2.40. The van der Waals surface area contributed by atoms with Gasteiger partial charge in [0.05, 0.1) is 17.6 Å². The maximum atomic E-state index is 13.5. The lowest BCUT2D eigenvalue weighted by atomic mass is 9.78. The summed E-state index contributed by atoms with van der Waals surface area (Å²) >= 11 is 5.92. The third-order valence-corrected chi connectivity index (χ3v) is 7.17. The summed E-state index contributed by atoms with van der Waals surface area (Å²) in [6.07, 6.45) is 4.14. The molecule has 1 amide bonds. The van der Waals surface area contributed by atoms with Gasteiger partial charge in [0.15, 0.2) is 11.5 Å². The number of nitrogens with zero attached hydrogens (tertiary/aromatic N) is 3. The van der Waals surface area contributed by atoms with E-state index < -0.39 is 5.82 Å². The zero-order valence-electron chi connectivity index (χ0n) is 19.4. The fraction of sp³-hybridized carbons (Fsp3) is 0.400. The van der Waals surface area contributed by atoms with Crippen LogP contribution in [-0.4, -0.2) is 60.7 Å². The predicted octanol–water partition coefficient (Wildman–Crippen LogP) is 4.16. The van der Waals surface area contributed by atoms with Crippen molar-refractivity contribution >= 4 is 39.9 Å². The van der Waals surface area contributed by atoms with E-state index in [1.807, 2.05) is 12.1 Å². The van der Waals surface area contributed by atoms with Crippen LogP contribution in [0.2, 0.25) is 5.02 Å². The predicted molar refractivity (Wildman–Crippen MR) is 132 cm³/mol. The molecule has 1 spiro atoms. The van der Waals surface area contributed by atoms with Gasteiger partial charge in [-0.3, -0.25) is 9.69 Å². The Hall–Kier alpha value is -3.17. The molecule has 10 heteroatoms. The molecule has 0 aliphatic carbocycles. The molecule has 2 aromatic carbocycles. The molecule has 2 fully saturated rings. The molecule has 8 nitrogen and oxygen atoms in total. The van der Waals surface area contributed by atoms with E-state index in [1.165, 1.54) is 18.5 Å². The van der Waals surface area contributed by atoms with Crippen LogP contribution >= 0.6 is 11.6 Å². The zero-order valence-corrected chi connectivity index (χ0v) is 20.2. The van der Waals surface area contributed by atoms with Crippen LogP contribution < -0.4 is 20.1 Å². The molecule has 35 heavy (non-hydrogen) atoms. The van der Waals surface area contributed by atoms with Gasteiger partial charge in [0.2, 0.25) is 5.91 Å². The largest absolute Gasteiger partial charge is 0.493 e. The molecule has 0 atom stereocenters. The summed E-state index contributed by atoms with van der Waals surface area (Å²) in [6.45, 7) is 3.98. The van der Waals surface area contributed by atoms with E-state index >= 15 is 0 Å². The van der Waals surface area contributed by atoms with E-state index in [4.69, 9.17) is 21.1 Å². The van der Waals surface area contributed by atoms with Gasteiger partial charge in [-0.05, 0) is 55.6 Å². The molecule has 2 aliphatic heterocycles. The van der Waals surface area contributed by atoms with E-state index in [1.54, 1.807) is 13.2 Å². The monoisotopic (exact) mass is 499 g/mol. The van der Waals surface area contributed by atoms with Crippen LogP contribution in [0.1, 0.15) is 19.3 Å². The number of rotatable bonds is 7. The minimum Gasteiger partial charge on any atom is -0.493 e. The Balaban J connectivity index is 1.27. The van der Waals surface area contributed by atoms with Crippen molar-refractivity contribution in [1.82, 2.24) is 20.2 Å². The van der Waals surface area contributed by atoms with Gasteiger partial charge in [0.1, 0.15) is 24.6 Å². The number of methoxy groups -OCH3 is 1. The molecule has 1 aromatic heterocycles. The minimum absolute atomic E-state index is 0.0264. The maximum Gasteiger partial charge on any atom is 0.220 e. The normalized spacial score (nSPS) is 17.5. The SMILES string of the molecule is COc1cc2ncnc(Nc3ccc(F)c(Cl)c3)c2cc1OCCN1CCC2(CC1)CNC(=O)C2. The first-order valence-corrected chi connectivity index (χ1v) is 12.0. The van der Waals surface area contributed by atoms with Crippen molar-refractivity contribution in [3.63, 3.8) is 0 Å². The highest BCUT2D eigenvalue weighted by Crippen LogP contribution is 2.38. The van der Waals surface area contributed by atoms with Crippen molar-refractivity contribution in [2.45, 2.75) is 19.3 Å². The molecule has 3 heterocycles. The number of anilines is 2. The third-order valence-electron chi connectivity index (χ3n) is 6.88. The Labute approximate surface area is 207 Å². The second kappa shape index (κ2) is 9.83. The molecular formula is C25H27ClFN5O3. The number of hydrogen-bond acceptors (Lipinski definition) is 7. The van der Waals surface area contributed by atoms with E-state index in [-0.39, 0.29) is 16.3 Å². The first kappa shape index (κ1) is 23.6. The van der Waals surface area contributed by atoms with Crippen molar-refractivity contribution in [2.75, 3.05) is 45.2 Å². The molecule has 0 bridgehead atoms. The smallest absolute Gasteiger partial charge is 0.220 e. The quantitative estimate of drug-likeness (QED) is 0.504. The van der Waals surface area contributed by atoms with Crippen LogP contribution in [0, 0.1) is 11.2 Å². The van der Waals surface area contributed by atoms with E-state index in [0.29, 0.717) is 41.5 Å². The van der Waals surface area contributed by atoms with Crippen molar-refractivity contribution in [3.05, 3.63) is 47.5 Å². The first-order chi connectivity index (χ1) is 16.9. The Morgan fingerprint density at radius 1 is 1.20 bits per heavy atom. The fourth-order valence-corrected chi connectivity index (χ4v) is 4.97. The zero-order chi connectivity index (χ0) is 24.4. The van der Waals surface area contributed by atoms with Crippen LogP contribution in [0.3, 0.4) is 0 Å². The number of hydrogen-bond donors (Lipinski definition) is 2. The second-order valence-electron chi connectivity index (χ2n) is 9.14. The molecule has 0 unspecified atom stereocenters. The molecule has 3 aromatic rings. The fourth-order valence-electron chi connectivity index (χ4n) is 4.79. The average Bonchev–Trinajstić information content (AvgIpc) is 3.22. The molecule has 2 saturated heterocycles. The number of carbonyl (C=O) groups is 1. The third kappa shape index (κ3) is 5.11. The van der Waals surface area contributed by atoms with Crippen molar-refractivity contribution in [2.24, 2.45) is 5.41 Å². The number of carbonyl (C=O) groups excluding carboxylic acids is 1. The van der Waals surface area contributed by atoms with Crippen LogP contribution in [-0.2, 0) is 4.79 Å². The lowest BCUT2D eigenvalue weighted by molar-refractivity contribution is -0.119. The van der Waals surface area contributed by atoms with Gasteiger partial charge >= 0.3 is 0 Å². The number of nitrogens with one attached hydrogen (secondary N) is 2. The Morgan fingerprint density at radius 3 is 2.74 bits per heavy atom. The number of halogens is 2. The van der Waals surface area contributed by atoms with Gasteiger partial charge in [-0.15, -0.1) is 0 Å². The second-order valence-corrected chi connectivity index (χ2v) is 9.55. The summed E-state index contributed by atoms with van der Waals surface area (Å²) in [5, 5.41) is 6.92. The van der Waals surface area contributed by atoms with Gasteiger partial charge in [-0.1, -0.05) is 11.6 Å². The number of benzene rings is 2. The van der Waals surface area contributed by atoms with Crippen LogP contribution in [0.4, 0.5) is 15.9 Å². The summed E-state index contributed by atoms with van der Waals surface area (Å²) in [5.74, 6) is 1.41. The molecular weight excluding hydrogens is 473 g/mol. The van der Waals surface area contributed by atoms with Crippen molar-refractivity contribution in [1.29, 1.82) is 0 Å². The van der Waals surface area contributed by atoms with E-state index in [9.17, 15) is 9.18 Å². The number of aromatic nitrogens is 2. The van der Waals surface area contributed by atoms with Crippen molar-refractivity contribution in [3.8, 4) is 11.5 Å². The number of ether oxygens (including phenoxy) is 2. The lowest BCUT2D eigenvalue weighted by Gasteiger charge is -2.38. The topological polar surface area (TPSA) is 88.6 Å². The first-order valence-electron chi connectivity index (χ1n) is 11.6. The summed E-state index contributed by atoms with van der Waals surface area (Å²) in [6, 6.07) is 8.06. The van der Waals surface area contributed by atoms with Crippen molar-refractivity contribution < 1.29 is 18.7 Å². The Morgan fingerprint density at radius 2 is 2.03 bits per heavy atom. The molecule has 5 rings (SSSR count). The summed E-state index contributed by atoms with van der Waals surface area (Å²) in [4.78, 5) is 22.7. The van der Waals surface area contributed by atoms with Gasteiger partial charge < -0.3 is 20.1 Å². The summed E-state index contributed by atoms with van der Waals surface area (Å²) in [5.41, 5.74) is 1.42.